The number of hydrogen-bond donors (Lipinski definition) is 5. The highest BCUT2D eigenvalue weighted by Crippen LogP contribution is 2.21. The lowest BCUT2D eigenvalue weighted by molar-refractivity contribution is -0.385. The highest BCUT2D eigenvalue weighted by Gasteiger charge is 2.36. The van der Waals surface area contributed by atoms with E-state index >= 15 is 0 Å². The normalized spacial score (nSPS) is 17.3. The summed E-state index contributed by atoms with van der Waals surface area (Å²) in [6, 6.07) is 8.34. The molecule has 2 aromatic rings. The number of pyridine rings is 1. The molecule has 1 aliphatic heterocycles. The van der Waals surface area contributed by atoms with Crippen LogP contribution in [0.2, 0.25) is 0 Å². The van der Waals surface area contributed by atoms with Crippen LogP contribution in [0.3, 0.4) is 0 Å². The Morgan fingerprint density at radius 1 is 1.16 bits per heavy atom. The number of nitro groups is 1. The van der Waals surface area contributed by atoms with Gasteiger partial charge in [0, 0.05) is 25.4 Å². The number of para-hydroxylation sites is 1. The van der Waals surface area contributed by atoms with Crippen LogP contribution in [-0.2, 0) is 14.3 Å². The zero-order valence-electron chi connectivity index (χ0n) is 20.0. The van der Waals surface area contributed by atoms with Crippen molar-refractivity contribution in [3.05, 3.63) is 64.3 Å². The number of carbonyl (C=O) groups excluding carboxylic acids is 2. The van der Waals surface area contributed by atoms with Crippen LogP contribution in [0.25, 0.3) is 0 Å². The van der Waals surface area contributed by atoms with E-state index in [0.717, 1.165) is 6.07 Å². The molecule has 1 aliphatic rings. The van der Waals surface area contributed by atoms with Gasteiger partial charge >= 0.3 is 12.1 Å². The zero-order chi connectivity index (χ0) is 27.7. The number of amides is 3. The fourth-order valence-electron chi connectivity index (χ4n) is 3.83. The first-order valence-corrected chi connectivity index (χ1v) is 11.5. The van der Waals surface area contributed by atoms with Crippen molar-refractivity contribution in [2.24, 2.45) is 0 Å². The number of likely N-dealkylation sites (tertiary alicyclic amines) is 1. The molecule has 15 nitrogen and oxygen atoms in total. The van der Waals surface area contributed by atoms with Crippen molar-refractivity contribution in [2.75, 3.05) is 31.6 Å². The van der Waals surface area contributed by atoms with E-state index in [1.54, 1.807) is 24.4 Å². The third-order valence-corrected chi connectivity index (χ3v) is 5.71. The maximum atomic E-state index is 12.4. The number of carboxylic acid groups (broad SMARTS) is 2. The third kappa shape index (κ3) is 7.60. The van der Waals surface area contributed by atoms with Crippen LogP contribution in [0.4, 0.5) is 16.3 Å². The third-order valence-electron chi connectivity index (χ3n) is 5.71. The number of nitrogens with zero attached hydrogens (tertiary/aromatic N) is 3. The van der Waals surface area contributed by atoms with Gasteiger partial charge in [0.2, 0.25) is 5.91 Å². The lowest BCUT2D eigenvalue weighted by Crippen LogP contribution is -2.49. The number of rotatable bonds is 12. The highest BCUT2D eigenvalue weighted by molar-refractivity contribution is 6.00. The van der Waals surface area contributed by atoms with Gasteiger partial charge in [-0.25, -0.2) is 14.6 Å². The second-order valence-corrected chi connectivity index (χ2v) is 8.30. The fourth-order valence-corrected chi connectivity index (χ4v) is 3.83. The van der Waals surface area contributed by atoms with Crippen LogP contribution in [0.1, 0.15) is 16.8 Å². The maximum absolute atomic E-state index is 12.4. The standard InChI is InChI=1S/C23H26N6O9/c30-20(26-11-17(22(32)33)27-21(31)16-5-1-2-6-18(16)29(36)37)13-38-15-9-14(28(12-15)23(34)35)10-25-19-7-3-4-8-24-19/h1-8,14-15,17H,9-13H2,(H,24,25)(H,26,30)(H,27,31)(H,32,33)(H,34,35). The minimum absolute atomic E-state index is 0.0425. The number of aliphatic carboxylic acids is 1. The zero-order valence-corrected chi connectivity index (χ0v) is 20.0. The Kier molecular flexibility index (Phi) is 9.48. The minimum atomic E-state index is -1.57. The largest absolute Gasteiger partial charge is 0.480 e. The highest BCUT2D eigenvalue weighted by atomic mass is 16.6. The number of carbonyl (C=O) groups is 4. The molecule has 0 spiro atoms. The van der Waals surface area contributed by atoms with Gasteiger partial charge in [-0.2, -0.15) is 0 Å². The molecule has 0 bridgehead atoms. The number of carboxylic acids is 1. The first kappa shape index (κ1) is 27.8. The lowest BCUT2D eigenvalue weighted by atomic mass is 10.1. The van der Waals surface area contributed by atoms with E-state index in [1.807, 2.05) is 0 Å². The van der Waals surface area contributed by atoms with Crippen LogP contribution in [0.15, 0.2) is 48.7 Å². The van der Waals surface area contributed by atoms with Crippen molar-refractivity contribution in [1.82, 2.24) is 20.5 Å². The average Bonchev–Trinajstić information content (AvgIpc) is 3.32. The fraction of sp³-hybridized carbons (Fsp3) is 0.348. The van der Waals surface area contributed by atoms with E-state index in [-0.39, 0.29) is 18.7 Å². The molecule has 0 radical (unpaired) electrons. The summed E-state index contributed by atoms with van der Waals surface area (Å²) in [5.41, 5.74) is -0.818. The SMILES string of the molecule is O=C(COC1CC(CNc2ccccn2)N(C(=O)O)C1)NCC(NC(=O)c1ccccc1[N+](=O)[O-])C(=O)O. The second-order valence-electron chi connectivity index (χ2n) is 8.30. The molecule has 0 saturated carbocycles. The molecule has 3 unspecified atom stereocenters. The van der Waals surface area contributed by atoms with Gasteiger partial charge in [-0.1, -0.05) is 18.2 Å². The van der Waals surface area contributed by atoms with Crippen LogP contribution >= 0.6 is 0 Å². The number of aromatic nitrogens is 1. The monoisotopic (exact) mass is 530 g/mol. The Balaban J connectivity index is 1.48. The van der Waals surface area contributed by atoms with Gasteiger partial charge in [0.05, 0.1) is 23.6 Å². The molecule has 3 rings (SSSR count). The van der Waals surface area contributed by atoms with E-state index < -0.39 is 65.8 Å². The smallest absolute Gasteiger partial charge is 0.407 e. The van der Waals surface area contributed by atoms with E-state index in [2.05, 4.69) is 20.9 Å². The van der Waals surface area contributed by atoms with E-state index in [9.17, 15) is 39.5 Å². The molecule has 3 atom stereocenters. The molecule has 3 amide bonds. The number of nitrogens with one attached hydrogen (secondary N) is 3. The molecule has 1 saturated heterocycles. The van der Waals surface area contributed by atoms with Crippen molar-refractivity contribution in [3.63, 3.8) is 0 Å². The number of nitro benzene ring substituents is 1. The molecule has 5 N–H and O–H groups in total. The average molecular weight is 530 g/mol. The van der Waals surface area contributed by atoms with Crippen molar-refractivity contribution in [3.8, 4) is 0 Å². The van der Waals surface area contributed by atoms with E-state index in [0.29, 0.717) is 12.2 Å². The maximum Gasteiger partial charge on any atom is 0.407 e. The summed E-state index contributed by atoms with van der Waals surface area (Å²) in [6.45, 7) is -0.648. The Morgan fingerprint density at radius 2 is 1.89 bits per heavy atom. The van der Waals surface area contributed by atoms with Crippen molar-refractivity contribution >= 4 is 35.4 Å². The first-order chi connectivity index (χ1) is 18.2. The summed E-state index contributed by atoms with van der Waals surface area (Å²) in [4.78, 5) is 63.5. The molecule has 15 heteroatoms. The van der Waals surface area contributed by atoms with Gasteiger partial charge in [-0.15, -0.1) is 0 Å². The van der Waals surface area contributed by atoms with Crippen LogP contribution < -0.4 is 16.0 Å². The Hall–Kier alpha value is -4.79. The summed E-state index contributed by atoms with van der Waals surface area (Å²) in [6.07, 6.45) is 0.221. The summed E-state index contributed by atoms with van der Waals surface area (Å²) < 4.78 is 5.54. The molecule has 1 fully saturated rings. The van der Waals surface area contributed by atoms with Gasteiger partial charge in [0.15, 0.2) is 0 Å². The quantitative estimate of drug-likeness (QED) is 0.189. The summed E-state index contributed by atoms with van der Waals surface area (Å²) >= 11 is 0. The van der Waals surface area contributed by atoms with Gasteiger partial charge in [0.25, 0.3) is 11.6 Å². The number of ether oxygens (including phenoxy) is 1. The van der Waals surface area contributed by atoms with Crippen molar-refractivity contribution in [2.45, 2.75) is 24.6 Å². The number of benzene rings is 1. The Bertz CT molecular complexity index is 1180. The summed E-state index contributed by atoms with van der Waals surface area (Å²) in [5, 5.41) is 37.6. The summed E-state index contributed by atoms with van der Waals surface area (Å²) in [7, 11) is 0. The molecule has 1 aromatic carbocycles. The topological polar surface area (TPSA) is 213 Å². The Labute approximate surface area is 215 Å². The molecular weight excluding hydrogens is 504 g/mol. The number of hydrogen-bond acceptors (Lipinski definition) is 9. The van der Waals surface area contributed by atoms with Crippen molar-refractivity contribution in [1.29, 1.82) is 0 Å². The van der Waals surface area contributed by atoms with Gasteiger partial charge in [-0.05, 0) is 24.6 Å². The molecule has 202 valence electrons. The predicted molar refractivity (Wildman–Crippen MR) is 131 cm³/mol. The van der Waals surface area contributed by atoms with Crippen LogP contribution in [0, 0.1) is 10.1 Å². The minimum Gasteiger partial charge on any atom is -0.480 e. The molecule has 1 aromatic heterocycles. The van der Waals surface area contributed by atoms with Crippen molar-refractivity contribution < 1.29 is 39.1 Å². The molecule has 2 heterocycles. The van der Waals surface area contributed by atoms with E-state index in [1.165, 1.54) is 23.1 Å². The second kappa shape index (κ2) is 13.0. The predicted octanol–water partition coefficient (Wildman–Crippen LogP) is 0.539. The van der Waals surface area contributed by atoms with Crippen LogP contribution in [0.5, 0.6) is 0 Å². The van der Waals surface area contributed by atoms with Crippen LogP contribution in [-0.4, -0.2) is 93.3 Å². The first-order valence-electron chi connectivity index (χ1n) is 11.5. The molecule has 38 heavy (non-hydrogen) atoms. The lowest BCUT2D eigenvalue weighted by Gasteiger charge is -2.21. The van der Waals surface area contributed by atoms with E-state index in [4.69, 9.17) is 4.74 Å². The van der Waals surface area contributed by atoms with Gasteiger partial charge in [-0.3, -0.25) is 19.7 Å². The summed E-state index contributed by atoms with van der Waals surface area (Å²) in [5.74, 6) is -2.55. The Morgan fingerprint density at radius 3 is 2.55 bits per heavy atom. The van der Waals surface area contributed by atoms with Gasteiger partial charge in [0.1, 0.15) is 24.0 Å². The number of anilines is 1. The molecule has 0 aliphatic carbocycles. The van der Waals surface area contributed by atoms with Gasteiger partial charge < -0.3 is 35.8 Å². The molecular formula is C23H26N6O9.